The highest BCUT2D eigenvalue weighted by atomic mass is 16.6. The molecule has 0 saturated carbocycles. The summed E-state index contributed by atoms with van der Waals surface area (Å²) in [7, 11) is 0. The smallest absolute Gasteiger partial charge is 0.114 e. The van der Waals surface area contributed by atoms with Gasteiger partial charge in [0.15, 0.2) is 0 Å². The fourth-order valence-electron chi connectivity index (χ4n) is 3.45. The second-order valence-corrected chi connectivity index (χ2v) is 7.68. The molecule has 0 aromatic heterocycles. The lowest BCUT2D eigenvalue weighted by molar-refractivity contribution is -0.210. The number of hydrogen-bond donors (Lipinski definition) is 3. The Balaban J connectivity index is 1.93. The van der Waals surface area contributed by atoms with Crippen LogP contribution in [0.2, 0.25) is 0 Å². The molecule has 1 aliphatic rings. The second-order valence-electron chi connectivity index (χ2n) is 7.68. The van der Waals surface area contributed by atoms with Crippen molar-refractivity contribution in [3.63, 3.8) is 0 Å². The molecule has 1 saturated heterocycles. The zero-order valence-electron chi connectivity index (χ0n) is 17.2. The summed E-state index contributed by atoms with van der Waals surface area (Å²) in [5.41, 5.74) is 0. The lowest BCUT2D eigenvalue weighted by atomic mass is 10.0. The number of hydrogen-bond acceptors (Lipinski definition) is 5. The van der Waals surface area contributed by atoms with E-state index in [2.05, 4.69) is 19.1 Å². The predicted octanol–water partition coefficient (Wildman–Crippen LogP) is 3.74. The Bertz CT molecular complexity index is 361. The molecule has 0 aromatic rings. The summed E-state index contributed by atoms with van der Waals surface area (Å²) in [4.78, 5) is 0. The summed E-state index contributed by atoms with van der Waals surface area (Å²) in [6, 6.07) is 0. The highest BCUT2D eigenvalue weighted by Crippen LogP contribution is 2.18. The van der Waals surface area contributed by atoms with Crippen molar-refractivity contribution in [2.45, 2.75) is 108 Å². The van der Waals surface area contributed by atoms with Gasteiger partial charge >= 0.3 is 0 Å². The van der Waals surface area contributed by atoms with Gasteiger partial charge in [0.2, 0.25) is 0 Å². The molecule has 1 fully saturated rings. The molecule has 4 atom stereocenters. The van der Waals surface area contributed by atoms with E-state index < -0.39 is 24.4 Å². The van der Waals surface area contributed by atoms with Gasteiger partial charge in [-0.2, -0.15) is 0 Å². The minimum Gasteiger partial charge on any atom is -0.394 e. The molecule has 5 heteroatoms. The molecule has 0 radical (unpaired) electrons. The Kier molecular flexibility index (Phi) is 15.0. The summed E-state index contributed by atoms with van der Waals surface area (Å²) >= 11 is 0. The number of rotatable bonds is 16. The largest absolute Gasteiger partial charge is 0.394 e. The molecular formula is C22H42O5. The average molecular weight is 387 g/mol. The maximum atomic E-state index is 10.0. The molecule has 27 heavy (non-hydrogen) atoms. The Hall–Kier alpha value is -0.460. The summed E-state index contributed by atoms with van der Waals surface area (Å²) in [6.45, 7) is 2.56. The molecule has 1 rings (SSSR count). The van der Waals surface area contributed by atoms with E-state index in [1.165, 1.54) is 57.8 Å². The molecule has 0 unspecified atom stereocenters. The summed E-state index contributed by atoms with van der Waals surface area (Å²) in [5, 5.41) is 29.0. The fourth-order valence-corrected chi connectivity index (χ4v) is 3.45. The van der Waals surface area contributed by atoms with Gasteiger partial charge < -0.3 is 24.8 Å². The van der Waals surface area contributed by atoms with Crippen molar-refractivity contribution in [1.29, 1.82) is 0 Å². The normalized spacial score (nSPS) is 26.1. The SMILES string of the molecule is CCCCCCCCCCC/C=C/CCCO[C@H]1[C@H](O)[C@@H](CO)OC[C@@H]1O. The van der Waals surface area contributed by atoms with Gasteiger partial charge in [0.1, 0.15) is 24.4 Å². The quantitative estimate of drug-likeness (QED) is 0.278. The van der Waals surface area contributed by atoms with Crippen LogP contribution in [0.4, 0.5) is 0 Å². The van der Waals surface area contributed by atoms with Crippen LogP contribution >= 0.6 is 0 Å². The van der Waals surface area contributed by atoms with Crippen molar-refractivity contribution >= 4 is 0 Å². The van der Waals surface area contributed by atoms with Crippen LogP contribution in [0, 0.1) is 0 Å². The molecule has 3 N–H and O–H groups in total. The molecule has 0 aromatic carbocycles. The Labute approximate surface area is 165 Å². The lowest BCUT2D eigenvalue weighted by Crippen LogP contribution is -2.55. The minimum absolute atomic E-state index is 0.0889. The highest BCUT2D eigenvalue weighted by molar-refractivity contribution is 4.88. The van der Waals surface area contributed by atoms with Gasteiger partial charge in [0, 0.05) is 6.61 Å². The Morgan fingerprint density at radius 1 is 0.889 bits per heavy atom. The van der Waals surface area contributed by atoms with Crippen LogP contribution in [0.1, 0.15) is 84.0 Å². The maximum Gasteiger partial charge on any atom is 0.114 e. The molecule has 0 bridgehead atoms. The first-order valence-electron chi connectivity index (χ1n) is 11.1. The van der Waals surface area contributed by atoms with E-state index in [0.717, 1.165) is 19.3 Å². The number of aliphatic hydroxyl groups is 3. The third-order valence-electron chi connectivity index (χ3n) is 5.22. The molecular weight excluding hydrogens is 344 g/mol. The van der Waals surface area contributed by atoms with Gasteiger partial charge in [-0.15, -0.1) is 0 Å². The topological polar surface area (TPSA) is 79.2 Å². The van der Waals surface area contributed by atoms with Gasteiger partial charge in [-0.1, -0.05) is 70.4 Å². The number of unbranched alkanes of at least 4 members (excludes halogenated alkanes) is 10. The van der Waals surface area contributed by atoms with Crippen LogP contribution in [-0.4, -0.2) is 59.6 Å². The van der Waals surface area contributed by atoms with Gasteiger partial charge in [-0.3, -0.25) is 0 Å². The average Bonchev–Trinajstić information content (AvgIpc) is 2.67. The van der Waals surface area contributed by atoms with E-state index in [4.69, 9.17) is 14.6 Å². The van der Waals surface area contributed by atoms with E-state index >= 15 is 0 Å². The van der Waals surface area contributed by atoms with Crippen molar-refractivity contribution in [2.24, 2.45) is 0 Å². The molecule has 5 nitrogen and oxygen atoms in total. The van der Waals surface area contributed by atoms with Crippen LogP contribution in [0.25, 0.3) is 0 Å². The van der Waals surface area contributed by atoms with Crippen LogP contribution in [0.5, 0.6) is 0 Å². The zero-order chi connectivity index (χ0) is 19.7. The summed E-state index contributed by atoms with van der Waals surface area (Å²) < 4.78 is 10.8. The van der Waals surface area contributed by atoms with Gasteiger partial charge in [0.05, 0.1) is 13.2 Å². The van der Waals surface area contributed by atoms with Gasteiger partial charge in [-0.05, 0) is 25.7 Å². The van der Waals surface area contributed by atoms with Crippen molar-refractivity contribution in [2.75, 3.05) is 19.8 Å². The summed E-state index contributed by atoms with van der Waals surface area (Å²) in [6.07, 6.45) is 16.4. The van der Waals surface area contributed by atoms with Crippen molar-refractivity contribution in [3.05, 3.63) is 12.2 Å². The Morgan fingerprint density at radius 2 is 1.48 bits per heavy atom. The van der Waals surface area contributed by atoms with Crippen molar-refractivity contribution in [3.8, 4) is 0 Å². The predicted molar refractivity (Wildman–Crippen MR) is 109 cm³/mol. The van der Waals surface area contributed by atoms with Crippen LogP contribution in [0.3, 0.4) is 0 Å². The number of aliphatic hydroxyl groups excluding tert-OH is 3. The number of ether oxygens (including phenoxy) is 2. The molecule has 1 heterocycles. The zero-order valence-corrected chi connectivity index (χ0v) is 17.2. The molecule has 1 aliphatic heterocycles. The standard InChI is InChI=1S/C22H42O5/c1-2-3-4-5-6-7-8-9-10-11-12-13-14-15-16-26-22-19(24)18-27-20(17-23)21(22)25/h12-13,19-25H,2-11,14-18H2,1H3/b13-12+/t19-,20+,21+,22+/m0/s1. The minimum atomic E-state index is -0.985. The summed E-state index contributed by atoms with van der Waals surface area (Å²) in [5.74, 6) is 0. The number of allylic oxidation sites excluding steroid dienone is 2. The third-order valence-corrected chi connectivity index (χ3v) is 5.22. The van der Waals surface area contributed by atoms with E-state index in [-0.39, 0.29) is 13.2 Å². The van der Waals surface area contributed by atoms with E-state index in [0.29, 0.717) is 6.61 Å². The first-order chi connectivity index (χ1) is 13.2. The van der Waals surface area contributed by atoms with E-state index in [1.54, 1.807) is 0 Å². The first-order valence-corrected chi connectivity index (χ1v) is 11.1. The van der Waals surface area contributed by atoms with Crippen molar-refractivity contribution in [1.82, 2.24) is 0 Å². The molecule has 0 spiro atoms. The second kappa shape index (κ2) is 16.5. The monoisotopic (exact) mass is 386 g/mol. The lowest BCUT2D eigenvalue weighted by Gasteiger charge is -2.37. The molecule has 0 aliphatic carbocycles. The van der Waals surface area contributed by atoms with Crippen molar-refractivity contribution < 1.29 is 24.8 Å². The maximum absolute atomic E-state index is 10.0. The van der Waals surface area contributed by atoms with Crippen LogP contribution in [-0.2, 0) is 9.47 Å². The van der Waals surface area contributed by atoms with Crippen LogP contribution < -0.4 is 0 Å². The van der Waals surface area contributed by atoms with Crippen LogP contribution in [0.15, 0.2) is 12.2 Å². The highest BCUT2D eigenvalue weighted by Gasteiger charge is 2.38. The van der Waals surface area contributed by atoms with Gasteiger partial charge in [-0.25, -0.2) is 0 Å². The Morgan fingerprint density at radius 3 is 2.11 bits per heavy atom. The van der Waals surface area contributed by atoms with Gasteiger partial charge in [0.25, 0.3) is 0 Å². The third kappa shape index (κ3) is 11.2. The molecule has 0 amide bonds. The first kappa shape index (κ1) is 24.6. The van der Waals surface area contributed by atoms with E-state index in [9.17, 15) is 10.2 Å². The van der Waals surface area contributed by atoms with E-state index in [1.807, 2.05) is 0 Å². The molecule has 160 valence electrons. The fraction of sp³-hybridized carbons (Fsp3) is 0.909.